The molecular formula is C10H13NO3S. The molecule has 0 aliphatic carbocycles. The van der Waals surface area contributed by atoms with Gasteiger partial charge >= 0.3 is 0 Å². The van der Waals surface area contributed by atoms with Crippen LogP contribution in [0.1, 0.15) is 18.5 Å². The Bertz CT molecular complexity index is 425. The zero-order valence-electron chi connectivity index (χ0n) is 8.26. The van der Waals surface area contributed by atoms with E-state index < -0.39 is 10.1 Å². The summed E-state index contributed by atoms with van der Waals surface area (Å²) in [5.41, 5.74) is 1.53. The summed E-state index contributed by atoms with van der Waals surface area (Å²) in [7, 11) is -3.86. The first kappa shape index (κ1) is 11.9. The van der Waals surface area contributed by atoms with E-state index in [2.05, 4.69) is 11.6 Å². The number of nitrogens with zero attached hydrogens (tertiary/aromatic N) is 1. The predicted octanol–water partition coefficient (Wildman–Crippen LogP) is 1.76. The first-order chi connectivity index (χ1) is 6.99. The van der Waals surface area contributed by atoms with Crippen LogP contribution in [0.5, 0.6) is 0 Å². The van der Waals surface area contributed by atoms with Crippen molar-refractivity contribution >= 4 is 15.7 Å². The first-order valence-electron chi connectivity index (χ1n) is 4.53. The molecule has 0 fully saturated rings. The molecule has 0 unspecified atom stereocenters. The molecule has 0 atom stereocenters. The van der Waals surface area contributed by atoms with E-state index in [1.54, 1.807) is 12.3 Å². The van der Waals surface area contributed by atoms with Gasteiger partial charge in [-0.3, -0.25) is 9.54 Å². The fraction of sp³-hybridized carbons (Fsp3) is 0.300. The molecule has 5 heteroatoms. The van der Waals surface area contributed by atoms with Crippen LogP contribution in [-0.2, 0) is 10.1 Å². The molecule has 1 rings (SSSR count). The molecule has 1 aromatic heterocycles. The number of pyridine rings is 1. The third kappa shape index (κ3) is 4.71. The quantitative estimate of drug-likeness (QED) is 0.778. The van der Waals surface area contributed by atoms with E-state index in [0.29, 0.717) is 12.8 Å². The minimum absolute atomic E-state index is 0.237. The minimum atomic E-state index is -3.86. The highest BCUT2D eigenvalue weighted by molar-refractivity contribution is 7.85. The second-order valence-corrected chi connectivity index (χ2v) is 4.78. The Kier molecular flexibility index (Phi) is 3.99. The van der Waals surface area contributed by atoms with Crippen molar-refractivity contribution in [1.29, 1.82) is 0 Å². The molecule has 0 amide bonds. The van der Waals surface area contributed by atoms with Crippen molar-refractivity contribution in [3.63, 3.8) is 0 Å². The molecule has 0 spiro atoms. The molecule has 0 aliphatic rings. The highest BCUT2D eigenvalue weighted by Gasteiger charge is 2.05. The summed E-state index contributed by atoms with van der Waals surface area (Å²) in [5, 5.41) is 0. The number of hydrogen-bond donors (Lipinski definition) is 1. The van der Waals surface area contributed by atoms with Crippen LogP contribution < -0.4 is 0 Å². The maximum Gasteiger partial charge on any atom is 0.264 e. The maximum atomic E-state index is 10.5. The van der Waals surface area contributed by atoms with E-state index in [1.807, 2.05) is 12.1 Å². The largest absolute Gasteiger partial charge is 0.286 e. The normalized spacial score (nSPS) is 11.3. The number of rotatable bonds is 5. The van der Waals surface area contributed by atoms with Gasteiger partial charge in [0, 0.05) is 6.20 Å². The molecule has 82 valence electrons. The number of hydrogen-bond acceptors (Lipinski definition) is 3. The summed E-state index contributed by atoms with van der Waals surface area (Å²) in [6, 6.07) is 5.46. The Balaban J connectivity index is 2.45. The standard InChI is InChI=1S/C10H13NO3S/c1-9(5-4-8-15(12,13)14)10-6-2-3-7-11-10/h2-3,6-7H,1,4-5,8H2,(H,12,13,14). The summed E-state index contributed by atoms with van der Waals surface area (Å²) in [4.78, 5) is 4.08. The van der Waals surface area contributed by atoms with Gasteiger partial charge in [-0.05, 0) is 30.5 Å². The van der Waals surface area contributed by atoms with Gasteiger partial charge in [-0.15, -0.1) is 0 Å². The summed E-state index contributed by atoms with van der Waals surface area (Å²) in [6.07, 6.45) is 2.52. The predicted molar refractivity (Wildman–Crippen MR) is 58.9 cm³/mol. The fourth-order valence-corrected chi connectivity index (χ4v) is 1.68. The number of allylic oxidation sites excluding steroid dienone is 1. The molecule has 0 aliphatic heterocycles. The van der Waals surface area contributed by atoms with Gasteiger partial charge in [-0.2, -0.15) is 8.42 Å². The molecule has 15 heavy (non-hydrogen) atoms. The molecular weight excluding hydrogens is 214 g/mol. The van der Waals surface area contributed by atoms with E-state index in [0.717, 1.165) is 11.3 Å². The van der Waals surface area contributed by atoms with E-state index in [4.69, 9.17) is 4.55 Å². The average molecular weight is 227 g/mol. The van der Waals surface area contributed by atoms with Gasteiger partial charge in [-0.25, -0.2) is 0 Å². The van der Waals surface area contributed by atoms with Crippen LogP contribution in [0.4, 0.5) is 0 Å². The van der Waals surface area contributed by atoms with Gasteiger partial charge in [0.05, 0.1) is 11.4 Å². The van der Waals surface area contributed by atoms with Crippen LogP contribution in [0.3, 0.4) is 0 Å². The third-order valence-electron chi connectivity index (χ3n) is 1.91. The third-order valence-corrected chi connectivity index (χ3v) is 2.71. The highest BCUT2D eigenvalue weighted by Crippen LogP contribution is 2.14. The average Bonchev–Trinajstić information content (AvgIpc) is 2.17. The SMILES string of the molecule is C=C(CCCS(=O)(=O)O)c1ccccn1. The fourth-order valence-electron chi connectivity index (χ4n) is 1.17. The van der Waals surface area contributed by atoms with Gasteiger partial charge in [0.25, 0.3) is 10.1 Å². The maximum absolute atomic E-state index is 10.5. The van der Waals surface area contributed by atoms with Gasteiger partial charge in [0.15, 0.2) is 0 Å². The monoisotopic (exact) mass is 227 g/mol. The topological polar surface area (TPSA) is 67.3 Å². The van der Waals surface area contributed by atoms with Crippen LogP contribution in [0.25, 0.3) is 5.57 Å². The smallest absolute Gasteiger partial charge is 0.264 e. The molecule has 4 nitrogen and oxygen atoms in total. The zero-order chi connectivity index (χ0) is 11.3. The Hall–Kier alpha value is -1.20. The van der Waals surface area contributed by atoms with Crippen molar-refractivity contribution in [3.8, 4) is 0 Å². The van der Waals surface area contributed by atoms with Crippen molar-refractivity contribution in [2.45, 2.75) is 12.8 Å². The van der Waals surface area contributed by atoms with Crippen LogP contribution in [0.15, 0.2) is 31.0 Å². The van der Waals surface area contributed by atoms with E-state index >= 15 is 0 Å². The van der Waals surface area contributed by atoms with Gasteiger partial charge in [0.2, 0.25) is 0 Å². The lowest BCUT2D eigenvalue weighted by atomic mass is 10.1. The second kappa shape index (κ2) is 5.04. The Morgan fingerprint density at radius 2 is 2.20 bits per heavy atom. The molecule has 1 heterocycles. The van der Waals surface area contributed by atoms with Crippen LogP contribution in [0.2, 0.25) is 0 Å². The minimum Gasteiger partial charge on any atom is -0.286 e. The molecule has 1 N–H and O–H groups in total. The van der Waals surface area contributed by atoms with Crippen molar-refractivity contribution in [1.82, 2.24) is 4.98 Å². The van der Waals surface area contributed by atoms with Crippen LogP contribution in [-0.4, -0.2) is 23.7 Å². The van der Waals surface area contributed by atoms with Crippen molar-refractivity contribution in [3.05, 3.63) is 36.7 Å². The first-order valence-corrected chi connectivity index (χ1v) is 6.14. The molecule has 0 aromatic carbocycles. The molecule has 0 radical (unpaired) electrons. The van der Waals surface area contributed by atoms with E-state index in [9.17, 15) is 8.42 Å². The van der Waals surface area contributed by atoms with Gasteiger partial charge < -0.3 is 0 Å². The Morgan fingerprint density at radius 1 is 1.47 bits per heavy atom. The summed E-state index contributed by atoms with van der Waals surface area (Å²) in [6.45, 7) is 3.81. The zero-order valence-corrected chi connectivity index (χ0v) is 9.07. The lowest BCUT2D eigenvalue weighted by molar-refractivity contribution is 0.481. The summed E-state index contributed by atoms with van der Waals surface area (Å²) in [5.74, 6) is -0.237. The Morgan fingerprint density at radius 3 is 2.73 bits per heavy atom. The summed E-state index contributed by atoms with van der Waals surface area (Å²) >= 11 is 0. The van der Waals surface area contributed by atoms with Crippen LogP contribution in [0, 0.1) is 0 Å². The molecule has 0 saturated heterocycles. The molecule has 1 aromatic rings. The number of aromatic nitrogens is 1. The molecule has 0 bridgehead atoms. The van der Waals surface area contributed by atoms with Crippen molar-refractivity contribution < 1.29 is 13.0 Å². The van der Waals surface area contributed by atoms with Crippen LogP contribution >= 0.6 is 0 Å². The lowest BCUT2D eigenvalue weighted by Crippen LogP contribution is -2.03. The summed E-state index contributed by atoms with van der Waals surface area (Å²) < 4.78 is 29.4. The van der Waals surface area contributed by atoms with Gasteiger partial charge in [-0.1, -0.05) is 12.6 Å². The molecule has 0 saturated carbocycles. The lowest BCUT2D eigenvalue weighted by Gasteiger charge is -2.03. The Labute approximate surface area is 89.4 Å². The van der Waals surface area contributed by atoms with Crippen molar-refractivity contribution in [2.24, 2.45) is 0 Å². The second-order valence-electron chi connectivity index (χ2n) is 3.21. The highest BCUT2D eigenvalue weighted by atomic mass is 32.2. The van der Waals surface area contributed by atoms with Gasteiger partial charge in [0.1, 0.15) is 0 Å². The van der Waals surface area contributed by atoms with E-state index in [-0.39, 0.29) is 5.75 Å². The van der Waals surface area contributed by atoms with Crippen molar-refractivity contribution in [2.75, 3.05) is 5.75 Å². The van der Waals surface area contributed by atoms with E-state index in [1.165, 1.54) is 0 Å².